The summed E-state index contributed by atoms with van der Waals surface area (Å²) in [5.41, 5.74) is 8.35. The van der Waals surface area contributed by atoms with Crippen molar-refractivity contribution in [2.24, 2.45) is 0 Å². The fourth-order valence-electron chi connectivity index (χ4n) is 3.08. The van der Waals surface area contributed by atoms with Crippen LogP contribution in [0.15, 0.2) is 47.6 Å². The minimum Gasteiger partial charge on any atom is -0.306 e. The third-order valence-electron chi connectivity index (χ3n) is 4.84. The number of hydrogen-bond donors (Lipinski definition) is 1. The third-order valence-corrected chi connectivity index (χ3v) is 4.84. The predicted molar refractivity (Wildman–Crippen MR) is 102 cm³/mol. The van der Waals surface area contributed by atoms with Crippen LogP contribution in [-0.2, 0) is 6.54 Å². The minimum atomic E-state index is 0.459. The third kappa shape index (κ3) is 4.68. The van der Waals surface area contributed by atoms with Crippen LogP contribution in [0.5, 0.6) is 0 Å². The van der Waals surface area contributed by atoms with Crippen molar-refractivity contribution < 1.29 is 0 Å². The summed E-state index contributed by atoms with van der Waals surface area (Å²) in [5, 5.41) is 3.73. The van der Waals surface area contributed by atoms with E-state index >= 15 is 0 Å². The van der Waals surface area contributed by atoms with Crippen molar-refractivity contribution in [3.8, 4) is 0 Å². The number of aryl methyl sites for hydroxylation is 1. The molecule has 0 spiro atoms. The first-order valence-electron chi connectivity index (χ1n) is 8.87. The molecule has 1 N–H and O–H groups in total. The van der Waals surface area contributed by atoms with Gasteiger partial charge in [-0.15, -0.1) is 0 Å². The molecule has 23 heavy (non-hydrogen) atoms. The van der Waals surface area contributed by atoms with Crippen LogP contribution in [0.2, 0.25) is 0 Å². The molecular weight excluding hydrogens is 278 g/mol. The number of hydrogen-bond acceptors (Lipinski definition) is 1. The van der Waals surface area contributed by atoms with Crippen molar-refractivity contribution in [2.45, 2.75) is 66.5 Å². The van der Waals surface area contributed by atoms with Crippen LogP contribution in [0.4, 0.5) is 0 Å². The van der Waals surface area contributed by atoms with Gasteiger partial charge in [-0.2, -0.15) is 0 Å². The van der Waals surface area contributed by atoms with Gasteiger partial charge in [0.1, 0.15) is 0 Å². The highest BCUT2D eigenvalue weighted by molar-refractivity contribution is 5.69. The van der Waals surface area contributed by atoms with E-state index in [0.717, 1.165) is 13.0 Å². The molecule has 0 amide bonds. The molecule has 2 rings (SSSR count). The Kier molecular flexibility index (Phi) is 6.41. The van der Waals surface area contributed by atoms with E-state index in [4.69, 9.17) is 0 Å². The first-order valence-corrected chi connectivity index (χ1v) is 8.87. The summed E-state index contributed by atoms with van der Waals surface area (Å²) >= 11 is 0. The molecule has 0 bridgehead atoms. The molecule has 0 saturated carbocycles. The van der Waals surface area contributed by atoms with Gasteiger partial charge in [-0.3, -0.25) is 0 Å². The number of allylic oxidation sites excluding steroid dienone is 4. The minimum absolute atomic E-state index is 0.459. The monoisotopic (exact) mass is 309 g/mol. The lowest BCUT2D eigenvalue weighted by atomic mass is 9.95. The van der Waals surface area contributed by atoms with Gasteiger partial charge in [0.25, 0.3) is 0 Å². The molecule has 0 radical (unpaired) electrons. The van der Waals surface area contributed by atoms with E-state index in [1.54, 1.807) is 0 Å². The number of nitrogens with one attached hydrogen (secondary N) is 1. The molecule has 1 heteroatoms. The Morgan fingerprint density at radius 2 is 1.96 bits per heavy atom. The Bertz CT molecular complexity index is 627. The highest BCUT2D eigenvalue weighted by Crippen LogP contribution is 2.23. The molecule has 1 nitrogen and oxygen atoms in total. The van der Waals surface area contributed by atoms with E-state index in [1.165, 1.54) is 46.3 Å². The lowest BCUT2D eigenvalue weighted by Gasteiger charge is -2.21. The summed E-state index contributed by atoms with van der Waals surface area (Å²) in [6.45, 7) is 12.0. The molecule has 0 saturated heterocycles. The smallest absolute Gasteiger partial charge is 0.0317 e. The van der Waals surface area contributed by atoms with E-state index < -0.39 is 0 Å². The van der Waals surface area contributed by atoms with E-state index in [9.17, 15) is 0 Å². The normalized spacial score (nSPS) is 15.3. The molecule has 1 aromatic carbocycles. The average Bonchev–Trinajstić information content (AvgIpc) is 2.57. The Morgan fingerprint density at radius 3 is 2.57 bits per heavy atom. The second-order valence-corrected chi connectivity index (χ2v) is 6.80. The van der Waals surface area contributed by atoms with Gasteiger partial charge in [-0.1, -0.05) is 42.9 Å². The lowest BCUT2D eigenvalue weighted by molar-refractivity contribution is 0.559. The summed E-state index contributed by atoms with van der Waals surface area (Å²) in [6, 6.07) is 7.31. The van der Waals surface area contributed by atoms with Crippen LogP contribution in [0.3, 0.4) is 0 Å². The van der Waals surface area contributed by atoms with Crippen LogP contribution in [-0.4, -0.2) is 6.04 Å². The van der Waals surface area contributed by atoms with Gasteiger partial charge in [0, 0.05) is 12.6 Å². The predicted octanol–water partition coefficient (Wildman–Crippen LogP) is 5.95. The van der Waals surface area contributed by atoms with Crippen molar-refractivity contribution in [3.05, 3.63) is 64.3 Å². The molecule has 0 fully saturated rings. The van der Waals surface area contributed by atoms with E-state index in [1.807, 2.05) is 0 Å². The van der Waals surface area contributed by atoms with E-state index in [2.05, 4.69) is 76.4 Å². The molecule has 1 atom stereocenters. The molecule has 1 unspecified atom stereocenters. The SMILES string of the molecule is CCC(NCc1ccc(C)c(C(C)=C(C)C)c1)C1=CCCC=C1. The summed E-state index contributed by atoms with van der Waals surface area (Å²) < 4.78 is 0. The molecule has 1 aliphatic rings. The van der Waals surface area contributed by atoms with Crippen molar-refractivity contribution in [2.75, 3.05) is 0 Å². The Labute approximate surface area is 142 Å². The number of benzene rings is 1. The zero-order valence-electron chi connectivity index (χ0n) is 15.4. The Hall–Kier alpha value is -1.60. The zero-order chi connectivity index (χ0) is 16.8. The quantitative estimate of drug-likeness (QED) is 0.684. The van der Waals surface area contributed by atoms with Gasteiger partial charge in [-0.25, -0.2) is 0 Å². The number of rotatable bonds is 6. The first kappa shape index (κ1) is 17.7. The average molecular weight is 309 g/mol. The molecule has 0 aliphatic heterocycles. The summed E-state index contributed by atoms with van der Waals surface area (Å²) in [4.78, 5) is 0. The lowest BCUT2D eigenvalue weighted by Crippen LogP contribution is -2.29. The van der Waals surface area contributed by atoms with E-state index in [0.29, 0.717) is 6.04 Å². The van der Waals surface area contributed by atoms with Crippen LogP contribution < -0.4 is 5.32 Å². The largest absolute Gasteiger partial charge is 0.306 e. The maximum absolute atomic E-state index is 3.73. The maximum Gasteiger partial charge on any atom is 0.0317 e. The van der Waals surface area contributed by atoms with Gasteiger partial charge < -0.3 is 5.32 Å². The molecule has 0 heterocycles. The van der Waals surface area contributed by atoms with Crippen molar-refractivity contribution in [1.29, 1.82) is 0 Å². The van der Waals surface area contributed by atoms with Crippen molar-refractivity contribution >= 4 is 5.57 Å². The molecule has 1 aromatic rings. The van der Waals surface area contributed by atoms with Gasteiger partial charge >= 0.3 is 0 Å². The van der Waals surface area contributed by atoms with Gasteiger partial charge in [0.05, 0.1) is 0 Å². The highest BCUT2D eigenvalue weighted by Gasteiger charge is 2.11. The van der Waals surface area contributed by atoms with Crippen LogP contribution in [0.1, 0.15) is 63.6 Å². The Balaban J connectivity index is 2.11. The van der Waals surface area contributed by atoms with Gasteiger partial charge in [0.2, 0.25) is 0 Å². The second kappa shape index (κ2) is 8.31. The second-order valence-electron chi connectivity index (χ2n) is 6.80. The first-order chi connectivity index (χ1) is 11.0. The van der Waals surface area contributed by atoms with Crippen LogP contribution in [0.25, 0.3) is 5.57 Å². The standard InChI is InChI=1S/C22H31N/c1-6-22(20-10-8-7-9-11-20)23-15-19-13-12-17(4)21(14-19)18(5)16(2)3/h8,10-14,22-23H,6-7,9,15H2,1-5H3. The molecular formula is C22H31N. The van der Waals surface area contributed by atoms with Crippen molar-refractivity contribution in [3.63, 3.8) is 0 Å². The van der Waals surface area contributed by atoms with Crippen LogP contribution >= 0.6 is 0 Å². The van der Waals surface area contributed by atoms with Crippen LogP contribution in [0, 0.1) is 6.92 Å². The van der Waals surface area contributed by atoms with Gasteiger partial charge in [-0.05, 0) is 80.9 Å². The summed E-state index contributed by atoms with van der Waals surface area (Å²) in [6.07, 6.45) is 10.5. The molecule has 0 aromatic heterocycles. The molecule has 1 aliphatic carbocycles. The maximum atomic E-state index is 3.73. The molecule has 124 valence electrons. The summed E-state index contributed by atoms with van der Waals surface area (Å²) in [7, 11) is 0. The summed E-state index contributed by atoms with van der Waals surface area (Å²) in [5.74, 6) is 0. The fraction of sp³-hybridized carbons (Fsp3) is 0.455. The van der Waals surface area contributed by atoms with E-state index in [-0.39, 0.29) is 0 Å². The topological polar surface area (TPSA) is 12.0 Å². The van der Waals surface area contributed by atoms with Crippen molar-refractivity contribution in [1.82, 2.24) is 5.32 Å². The highest BCUT2D eigenvalue weighted by atomic mass is 14.9. The van der Waals surface area contributed by atoms with Gasteiger partial charge in [0.15, 0.2) is 0 Å². The Morgan fingerprint density at radius 1 is 1.17 bits per heavy atom. The fourth-order valence-corrected chi connectivity index (χ4v) is 3.08. The zero-order valence-corrected chi connectivity index (χ0v) is 15.4.